The summed E-state index contributed by atoms with van der Waals surface area (Å²) in [4.78, 5) is 10.1. The van der Waals surface area contributed by atoms with Gasteiger partial charge < -0.3 is 14.9 Å². The zero-order valence-electron chi connectivity index (χ0n) is 7.49. The van der Waals surface area contributed by atoms with Gasteiger partial charge in [0.15, 0.2) is 0 Å². The van der Waals surface area contributed by atoms with Gasteiger partial charge in [0.2, 0.25) is 0 Å². The summed E-state index contributed by atoms with van der Waals surface area (Å²) in [6, 6.07) is 0. The molecule has 0 radical (unpaired) electrons. The molecule has 2 atom stereocenters. The maximum Gasteiger partial charge on any atom is 0.329 e. The van der Waals surface area contributed by atoms with Crippen molar-refractivity contribution in [1.82, 2.24) is 0 Å². The normalized spacial score (nSPS) is 15.6. The SMILES string of the molecule is CC(O)CCC(C)OCC(=O)O. The van der Waals surface area contributed by atoms with Crippen LogP contribution in [0.1, 0.15) is 26.7 Å². The Bertz CT molecular complexity index is 133. The van der Waals surface area contributed by atoms with Crippen LogP contribution in [0.4, 0.5) is 0 Å². The molecule has 0 heterocycles. The highest BCUT2D eigenvalue weighted by Gasteiger charge is 2.06. The lowest BCUT2D eigenvalue weighted by atomic mass is 10.1. The molecule has 0 rings (SSSR count). The van der Waals surface area contributed by atoms with E-state index in [4.69, 9.17) is 14.9 Å². The molecule has 0 aromatic heterocycles. The van der Waals surface area contributed by atoms with E-state index in [1.165, 1.54) is 0 Å². The maximum atomic E-state index is 10.1. The molecule has 0 amide bonds. The average molecular weight is 176 g/mol. The lowest BCUT2D eigenvalue weighted by Crippen LogP contribution is -2.16. The minimum Gasteiger partial charge on any atom is -0.480 e. The monoisotopic (exact) mass is 176 g/mol. The number of aliphatic carboxylic acids is 1. The van der Waals surface area contributed by atoms with Gasteiger partial charge in [0.05, 0.1) is 12.2 Å². The molecule has 0 aliphatic rings. The van der Waals surface area contributed by atoms with Crippen LogP contribution >= 0.6 is 0 Å². The number of carbonyl (C=O) groups is 1. The molecule has 0 aliphatic carbocycles. The minimum absolute atomic E-state index is 0.101. The molecule has 12 heavy (non-hydrogen) atoms. The highest BCUT2D eigenvalue weighted by Crippen LogP contribution is 2.03. The van der Waals surface area contributed by atoms with Gasteiger partial charge in [0, 0.05) is 0 Å². The molecule has 2 N–H and O–H groups in total. The van der Waals surface area contributed by atoms with E-state index in [2.05, 4.69) is 0 Å². The smallest absolute Gasteiger partial charge is 0.329 e. The first-order valence-electron chi connectivity index (χ1n) is 4.04. The van der Waals surface area contributed by atoms with Crippen LogP contribution in [-0.2, 0) is 9.53 Å². The quantitative estimate of drug-likeness (QED) is 0.623. The zero-order valence-corrected chi connectivity index (χ0v) is 7.49. The highest BCUT2D eigenvalue weighted by molar-refractivity contribution is 5.68. The van der Waals surface area contributed by atoms with Crippen molar-refractivity contribution < 1.29 is 19.7 Å². The molecular weight excluding hydrogens is 160 g/mol. The minimum atomic E-state index is -0.959. The number of ether oxygens (including phenoxy) is 1. The van der Waals surface area contributed by atoms with Gasteiger partial charge in [-0.2, -0.15) is 0 Å². The summed E-state index contributed by atoms with van der Waals surface area (Å²) in [6.07, 6.45) is 0.878. The predicted octanol–water partition coefficient (Wildman–Crippen LogP) is 0.637. The Morgan fingerprint density at radius 1 is 1.42 bits per heavy atom. The molecule has 0 saturated heterocycles. The fourth-order valence-electron chi connectivity index (χ4n) is 0.773. The van der Waals surface area contributed by atoms with Crippen LogP contribution < -0.4 is 0 Å². The third-order valence-corrected chi connectivity index (χ3v) is 1.48. The summed E-state index contributed by atoms with van der Waals surface area (Å²) in [5, 5.41) is 17.2. The molecular formula is C8H16O4. The van der Waals surface area contributed by atoms with Crippen LogP contribution in [0.15, 0.2) is 0 Å². The number of carboxylic acid groups (broad SMARTS) is 1. The van der Waals surface area contributed by atoms with E-state index in [-0.39, 0.29) is 18.8 Å². The van der Waals surface area contributed by atoms with E-state index in [1.54, 1.807) is 13.8 Å². The maximum absolute atomic E-state index is 10.1. The van der Waals surface area contributed by atoms with Crippen LogP contribution in [0.2, 0.25) is 0 Å². The second-order valence-electron chi connectivity index (χ2n) is 2.94. The third kappa shape index (κ3) is 7.50. The van der Waals surface area contributed by atoms with Crippen molar-refractivity contribution in [1.29, 1.82) is 0 Å². The van der Waals surface area contributed by atoms with Gasteiger partial charge in [0.25, 0.3) is 0 Å². The molecule has 0 fully saturated rings. The van der Waals surface area contributed by atoms with Crippen LogP contribution in [0.25, 0.3) is 0 Å². The Hall–Kier alpha value is -0.610. The Labute approximate surface area is 72.2 Å². The first-order valence-corrected chi connectivity index (χ1v) is 4.04. The highest BCUT2D eigenvalue weighted by atomic mass is 16.5. The summed E-state index contributed by atoms with van der Waals surface area (Å²) in [5.74, 6) is -0.959. The molecule has 0 bridgehead atoms. The van der Waals surface area contributed by atoms with Crippen LogP contribution in [0.5, 0.6) is 0 Å². The predicted molar refractivity (Wildman–Crippen MR) is 44.0 cm³/mol. The summed E-state index contributed by atoms with van der Waals surface area (Å²) < 4.78 is 4.94. The van der Waals surface area contributed by atoms with Crippen molar-refractivity contribution in [2.75, 3.05) is 6.61 Å². The van der Waals surface area contributed by atoms with Crippen LogP contribution in [0.3, 0.4) is 0 Å². The molecule has 2 unspecified atom stereocenters. The van der Waals surface area contributed by atoms with E-state index in [1.807, 2.05) is 0 Å². The fraction of sp³-hybridized carbons (Fsp3) is 0.875. The standard InChI is InChI=1S/C8H16O4/c1-6(9)3-4-7(2)12-5-8(10)11/h6-7,9H,3-5H2,1-2H3,(H,10,11). The van der Waals surface area contributed by atoms with Gasteiger partial charge >= 0.3 is 5.97 Å². The molecule has 0 saturated carbocycles. The molecule has 0 aromatic carbocycles. The Morgan fingerprint density at radius 2 is 2.00 bits per heavy atom. The largest absolute Gasteiger partial charge is 0.480 e. The Balaban J connectivity index is 3.33. The van der Waals surface area contributed by atoms with Gasteiger partial charge in [-0.3, -0.25) is 0 Å². The molecule has 0 spiro atoms. The molecule has 4 heteroatoms. The molecule has 0 aliphatic heterocycles. The second-order valence-corrected chi connectivity index (χ2v) is 2.94. The van der Waals surface area contributed by atoms with Gasteiger partial charge in [-0.15, -0.1) is 0 Å². The fourth-order valence-corrected chi connectivity index (χ4v) is 0.773. The average Bonchev–Trinajstić information content (AvgIpc) is 1.96. The van der Waals surface area contributed by atoms with Gasteiger partial charge in [-0.05, 0) is 26.7 Å². The van der Waals surface area contributed by atoms with Crippen molar-refractivity contribution in [2.24, 2.45) is 0 Å². The lowest BCUT2D eigenvalue weighted by molar-refractivity contribution is -0.144. The van der Waals surface area contributed by atoms with Crippen LogP contribution in [-0.4, -0.2) is 35.0 Å². The number of hydrogen-bond acceptors (Lipinski definition) is 3. The number of aliphatic hydroxyl groups excluding tert-OH is 1. The Kier molecular flexibility index (Phi) is 5.66. The summed E-state index contributed by atoms with van der Waals surface area (Å²) >= 11 is 0. The molecule has 72 valence electrons. The van der Waals surface area contributed by atoms with Crippen molar-refractivity contribution in [2.45, 2.75) is 38.9 Å². The van der Waals surface area contributed by atoms with E-state index in [9.17, 15) is 4.79 Å². The van der Waals surface area contributed by atoms with Gasteiger partial charge in [0.1, 0.15) is 6.61 Å². The number of rotatable bonds is 6. The first-order chi connectivity index (χ1) is 5.52. The molecule has 4 nitrogen and oxygen atoms in total. The van der Waals surface area contributed by atoms with Crippen molar-refractivity contribution in [3.05, 3.63) is 0 Å². The van der Waals surface area contributed by atoms with Crippen molar-refractivity contribution in [3.63, 3.8) is 0 Å². The van der Waals surface area contributed by atoms with Gasteiger partial charge in [-0.1, -0.05) is 0 Å². The van der Waals surface area contributed by atoms with Crippen molar-refractivity contribution >= 4 is 5.97 Å². The first kappa shape index (κ1) is 11.4. The van der Waals surface area contributed by atoms with Gasteiger partial charge in [-0.25, -0.2) is 4.79 Å². The van der Waals surface area contributed by atoms with Crippen molar-refractivity contribution in [3.8, 4) is 0 Å². The lowest BCUT2D eigenvalue weighted by Gasteiger charge is -2.11. The third-order valence-electron chi connectivity index (χ3n) is 1.48. The summed E-state index contributed by atoms with van der Waals surface area (Å²) in [7, 11) is 0. The van der Waals surface area contributed by atoms with E-state index in [0.29, 0.717) is 12.8 Å². The topological polar surface area (TPSA) is 66.8 Å². The van der Waals surface area contributed by atoms with Crippen LogP contribution in [0, 0.1) is 0 Å². The molecule has 0 aromatic rings. The number of hydrogen-bond donors (Lipinski definition) is 2. The number of carboxylic acids is 1. The second kappa shape index (κ2) is 5.97. The Morgan fingerprint density at radius 3 is 2.42 bits per heavy atom. The number of aliphatic hydroxyl groups is 1. The summed E-state index contributed by atoms with van der Waals surface area (Å²) in [6.45, 7) is 3.23. The summed E-state index contributed by atoms with van der Waals surface area (Å²) in [5.41, 5.74) is 0. The zero-order chi connectivity index (χ0) is 9.56. The van der Waals surface area contributed by atoms with E-state index >= 15 is 0 Å². The van der Waals surface area contributed by atoms with E-state index in [0.717, 1.165) is 0 Å². The van der Waals surface area contributed by atoms with E-state index < -0.39 is 5.97 Å².